The molecule has 0 atom stereocenters. The largest absolute Gasteiger partial charge is 0.385 e. The molecule has 6 nitrogen and oxygen atoms in total. The van der Waals surface area contributed by atoms with Gasteiger partial charge in [0.25, 0.3) is 5.91 Å². The second-order valence-electron chi connectivity index (χ2n) is 6.91. The van der Waals surface area contributed by atoms with E-state index in [4.69, 9.17) is 0 Å². The summed E-state index contributed by atoms with van der Waals surface area (Å²) in [6.07, 6.45) is 5.07. The summed E-state index contributed by atoms with van der Waals surface area (Å²) in [5, 5.41) is 11.7. The maximum atomic E-state index is 13.1. The lowest BCUT2D eigenvalue weighted by molar-refractivity contribution is -0.0210. The quantitative estimate of drug-likeness (QED) is 0.735. The molecule has 1 aliphatic rings. The summed E-state index contributed by atoms with van der Waals surface area (Å²) < 4.78 is 0. The maximum Gasteiger partial charge on any atom is 0.265 e. The van der Waals surface area contributed by atoms with Gasteiger partial charge >= 0.3 is 0 Å². The number of amides is 1. The number of aliphatic hydroxyl groups is 1. The van der Waals surface area contributed by atoms with Crippen molar-refractivity contribution in [1.29, 1.82) is 0 Å². The van der Waals surface area contributed by atoms with Crippen LogP contribution in [0.2, 0.25) is 0 Å². The van der Waals surface area contributed by atoms with Crippen LogP contribution in [-0.2, 0) is 12.0 Å². The van der Waals surface area contributed by atoms with Gasteiger partial charge in [0.1, 0.15) is 4.88 Å². The Morgan fingerprint density at radius 2 is 1.82 bits per heavy atom. The number of hydrogen-bond acceptors (Lipinski definition) is 6. The fourth-order valence-corrected chi connectivity index (χ4v) is 4.59. The molecule has 1 saturated heterocycles. The highest BCUT2D eigenvalue weighted by atomic mass is 32.1. The number of aromatic nitrogens is 3. The fraction of sp³-hybridized carbons (Fsp3) is 0.333. The van der Waals surface area contributed by atoms with E-state index in [2.05, 4.69) is 15.0 Å². The predicted octanol–water partition coefficient (Wildman–Crippen LogP) is 3.29. The van der Waals surface area contributed by atoms with Crippen molar-refractivity contribution in [1.82, 2.24) is 19.9 Å². The lowest BCUT2D eigenvalue weighted by Crippen LogP contribution is -2.45. The van der Waals surface area contributed by atoms with Crippen molar-refractivity contribution in [3.8, 4) is 10.8 Å². The van der Waals surface area contributed by atoms with Gasteiger partial charge in [-0.1, -0.05) is 37.3 Å². The molecule has 1 fully saturated rings. The molecule has 1 amide bonds. The van der Waals surface area contributed by atoms with Crippen LogP contribution in [0, 0.1) is 0 Å². The van der Waals surface area contributed by atoms with E-state index in [0.29, 0.717) is 48.1 Å². The Morgan fingerprint density at radius 3 is 2.46 bits per heavy atom. The van der Waals surface area contributed by atoms with Crippen molar-refractivity contribution < 1.29 is 9.90 Å². The van der Waals surface area contributed by atoms with Crippen molar-refractivity contribution in [2.24, 2.45) is 0 Å². The first-order valence-corrected chi connectivity index (χ1v) is 10.3. The predicted molar refractivity (Wildman–Crippen MR) is 108 cm³/mol. The Morgan fingerprint density at radius 1 is 1.14 bits per heavy atom. The van der Waals surface area contributed by atoms with E-state index >= 15 is 0 Å². The molecule has 3 aromatic rings. The molecular weight excluding hydrogens is 372 g/mol. The molecule has 0 aliphatic carbocycles. The summed E-state index contributed by atoms with van der Waals surface area (Å²) in [6.45, 7) is 3.02. The number of piperidine rings is 1. The van der Waals surface area contributed by atoms with Crippen LogP contribution in [0.15, 0.2) is 48.8 Å². The van der Waals surface area contributed by atoms with E-state index in [9.17, 15) is 9.90 Å². The monoisotopic (exact) mass is 394 g/mol. The molecule has 0 radical (unpaired) electrons. The van der Waals surface area contributed by atoms with E-state index in [1.54, 1.807) is 18.5 Å². The van der Waals surface area contributed by atoms with Crippen molar-refractivity contribution in [2.45, 2.75) is 31.8 Å². The molecule has 28 heavy (non-hydrogen) atoms. The van der Waals surface area contributed by atoms with Gasteiger partial charge in [0.15, 0.2) is 10.8 Å². The SMILES string of the molecule is CCc1nc(-c2ncccn2)sc1C(=O)N1CCC(O)(c2ccccc2)CC1. The zero-order valence-electron chi connectivity index (χ0n) is 15.7. The van der Waals surface area contributed by atoms with Gasteiger partial charge < -0.3 is 10.0 Å². The van der Waals surface area contributed by atoms with E-state index in [0.717, 1.165) is 11.3 Å². The van der Waals surface area contributed by atoms with Gasteiger partial charge in [0.2, 0.25) is 0 Å². The fourth-order valence-electron chi connectivity index (χ4n) is 3.52. The van der Waals surface area contributed by atoms with Gasteiger partial charge in [-0.25, -0.2) is 15.0 Å². The van der Waals surface area contributed by atoms with Crippen LogP contribution >= 0.6 is 11.3 Å². The third-order valence-corrected chi connectivity index (χ3v) is 6.25. The van der Waals surface area contributed by atoms with Crippen LogP contribution in [0.1, 0.15) is 40.7 Å². The van der Waals surface area contributed by atoms with Gasteiger partial charge in [-0.3, -0.25) is 4.79 Å². The van der Waals surface area contributed by atoms with E-state index in [1.807, 2.05) is 42.2 Å². The normalized spacial score (nSPS) is 16.1. The minimum absolute atomic E-state index is 0.0216. The second-order valence-corrected chi connectivity index (χ2v) is 7.91. The highest BCUT2D eigenvalue weighted by Gasteiger charge is 2.36. The number of hydrogen-bond donors (Lipinski definition) is 1. The summed E-state index contributed by atoms with van der Waals surface area (Å²) in [4.78, 5) is 28.7. The molecule has 144 valence electrons. The molecule has 1 N–H and O–H groups in total. The summed E-state index contributed by atoms with van der Waals surface area (Å²) in [5.74, 6) is 0.519. The summed E-state index contributed by atoms with van der Waals surface area (Å²) >= 11 is 1.35. The number of likely N-dealkylation sites (tertiary alicyclic amines) is 1. The number of nitrogens with zero attached hydrogens (tertiary/aromatic N) is 4. The van der Waals surface area contributed by atoms with Gasteiger partial charge in [-0.2, -0.15) is 0 Å². The van der Waals surface area contributed by atoms with E-state index in [1.165, 1.54) is 11.3 Å². The van der Waals surface area contributed by atoms with Crippen LogP contribution in [0.5, 0.6) is 0 Å². The topological polar surface area (TPSA) is 79.2 Å². The maximum absolute atomic E-state index is 13.1. The van der Waals surface area contributed by atoms with Crippen molar-refractivity contribution >= 4 is 17.2 Å². The summed E-state index contributed by atoms with van der Waals surface area (Å²) in [6, 6.07) is 11.5. The minimum atomic E-state index is -0.873. The average molecular weight is 395 g/mol. The third-order valence-electron chi connectivity index (χ3n) is 5.17. The first-order chi connectivity index (χ1) is 13.6. The molecule has 4 rings (SSSR count). The van der Waals surface area contributed by atoms with Crippen LogP contribution in [0.25, 0.3) is 10.8 Å². The Hall–Kier alpha value is -2.64. The van der Waals surface area contributed by atoms with E-state index < -0.39 is 5.60 Å². The molecule has 3 heterocycles. The lowest BCUT2D eigenvalue weighted by atomic mass is 9.84. The molecule has 0 bridgehead atoms. The highest BCUT2D eigenvalue weighted by molar-refractivity contribution is 7.17. The van der Waals surface area contributed by atoms with E-state index in [-0.39, 0.29) is 5.91 Å². The summed E-state index contributed by atoms with van der Waals surface area (Å²) in [5.41, 5.74) is 0.821. The number of aryl methyl sites for hydroxylation is 1. The number of thiazole rings is 1. The Balaban J connectivity index is 1.52. The minimum Gasteiger partial charge on any atom is -0.385 e. The van der Waals surface area contributed by atoms with Crippen LogP contribution in [0.4, 0.5) is 0 Å². The van der Waals surface area contributed by atoms with Crippen LogP contribution in [-0.4, -0.2) is 44.0 Å². The molecule has 2 aromatic heterocycles. The molecule has 0 spiro atoms. The third kappa shape index (κ3) is 3.55. The molecule has 0 unspecified atom stereocenters. The Bertz CT molecular complexity index is 951. The van der Waals surface area contributed by atoms with Gasteiger partial charge in [0.05, 0.1) is 11.3 Å². The van der Waals surface area contributed by atoms with Gasteiger partial charge in [-0.15, -0.1) is 11.3 Å². The second kappa shape index (κ2) is 7.77. The molecule has 7 heteroatoms. The van der Waals surface area contributed by atoms with Crippen LogP contribution in [0.3, 0.4) is 0 Å². The van der Waals surface area contributed by atoms with Crippen molar-refractivity contribution in [3.63, 3.8) is 0 Å². The molecule has 1 aliphatic heterocycles. The number of rotatable bonds is 4. The first-order valence-electron chi connectivity index (χ1n) is 9.45. The van der Waals surface area contributed by atoms with Gasteiger partial charge in [-0.05, 0) is 30.9 Å². The van der Waals surface area contributed by atoms with Crippen LogP contribution < -0.4 is 0 Å². The number of carbonyl (C=O) groups is 1. The molecule has 1 aromatic carbocycles. The first kappa shape index (κ1) is 18.7. The van der Waals surface area contributed by atoms with Crippen molar-refractivity contribution in [3.05, 3.63) is 64.9 Å². The molecule has 0 saturated carbocycles. The standard InChI is InChI=1S/C21H22N4O2S/c1-2-16-17(28-19(24-16)18-22-11-6-12-23-18)20(26)25-13-9-21(27,10-14-25)15-7-4-3-5-8-15/h3-8,11-12,27H,2,9-10,13-14H2,1H3. The number of carbonyl (C=O) groups excluding carboxylic acids is 1. The smallest absolute Gasteiger partial charge is 0.265 e. The average Bonchev–Trinajstić information content (AvgIpc) is 3.20. The Kier molecular flexibility index (Phi) is 5.19. The lowest BCUT2D eigenvalue weighted by Gasteiger charge is -2.38. The summed E-state index contributed by atoms with van der Waals surface area (Å²) in [7, 11) is 0. The van der Waals surface area contributed by atoms with Gasteiger partial charge in [0, 0.05) is 25.5 Å². The Labute approximate surface area is 167 Å². The zero-order valence-corrected chi connectivity index (χ0v) is 16.5. The highest BCUT2D eigenvalue weighted by Crippen LogP contribution is 2.34. The van der Waals surface area contributed by atoms with Crippen molar-refractivity contribution in [2.75, 3.05) is 13.1 Å². The zero-order chi connectivity index (χ0) is 19.6. The number of benzene rings is 1. The molecular formula is C21H22N4O2S.